The van der Waals surface area contributed by atoms with Gasteiger partial charge >= 0.3 is 11.5 Å². The zero-order valence-electron chi connectivity index (χ0n) is 13.6. The topological polar surface area (TPSA) is 104 Å². The summed E-state index contributed by atoms with van der Waals surface area (Å²) in [5, 5.41) is 11.5. The van der Waals surface area contributed by atoms with E-state index in [0.29, 0.717) is 6.42 Å². The highest BCUT2D eigenvalue weighted by atomic mass is 16.6. The van der Waals surface area contributed by atoms with Gasteiger partial charge in [-0.2, -0.15) is 0 Å². The lowest BCUT2D eigenvalue weighted by Gasteiger charge is -2.23. The highest BCUT2D eigenvalue weighted by Crippen LogP contribution is 2.23. The molecule has 7 nitrogen and oxygen atoms in total. The van der Waals surface area contributed by atoms with Crippen LogP contribution >= 0.6 is 0 Å². The summed E-state index contributed by atoms with van der Waals surface area (Å²) in [4.78, 5) is 45.2. The number of esters is 1. The molecule has 0 rings (SSSR count). The van der Waals surface area contributed by atoms with Crippen LogP contribution in [0.5, 0.6) is 0 Å². The summed E-state index contributed by atoms with van der Waals surface area (Å²) >= 11 is 0. The van der Waals surface area contributed by atoms with Crippen molar-refractivity contribution in [2.45, 2.75) is 71.3 Å². The van der Waals surface area contributed by atoms with Crippen molar-refractivity contribution < 1.29 is 24.0 Å². The summed E-state index contributed by atoms with van der Waals surface area (Å²) in [7, 11) is 0. The molecule has 0 heterocycles. The monoisotopic (exact) mass is 315 g/mol. The molecule has 126 valence electrons. The Bertz CT molecular complexity index is 400. The lowest BCUT2D eigenvalue weighted by Crippen LogP contribution is -2.51. The molecule has 22 heavy (non-hydrogen) atoms. The van der Waals surface area contributed by atoms with Crippen molar-refractivity contribution in [2.75, 3.05) is 6.61 Å². The Kier molecular flexibility index (Phi) is 9.21. The van der Waals surface area contributed by atoms with E-state index in [-0.39, 0.29) is 25.0 Å². The molecule has 0 aromatic carbocycles. The number of ketones is 2. The summed E-state index contributed by atoms with van der Waals surface area (Å²) in [6.45, 7) is 3.84. The Hall–Kier alpha value is -1.79. The quantitative estimate of drug-likeness (QED) is 0.237. The molecule has 0 spiro atoms. The van der Waals surface area contributed by atoms with Crippen molar-refractivity contribution in [3.05, 3.63) is 10.1 Å². The number of unbranched alkanes of at least 4 members (excludes halogenated alkanes) is 3. The van der Waals surface area contributed by atoms with Crippen molar-refractivity contribution in [1.82, 2.24) is 0 Å². The molecule has 7 heteroatoms. The molecule has 0 aliphatic heterocycles. The Morgan fingerprint density at radius 2 is 1.73 bits per heavy atom. The number of nitro groups is 1. The summed E-state index contributed by atoms with van der Waals surface area (Å²) in [5.41, 5.74) is -2.01. The van der Waals surface area contributed by atoms with Crippen LogP contribution in [0.1, 0.15) is 65.7 Å². The van der Waals surface area contributed by atoms with Crippen LogP contribution in [0.4, 0.5) is 0 Å². The number of rotatable bonds is 12. The Labute approximate surface area is 130 Å². The van der Waals surface area contributed by atoms with Crippen LogP contribution in [0, 0.1) is 10.1 Å². The van der Waals surface area contributed by atoms with Gasteiger partial charge in [-0.25, -0.2) is 0 Å². The van der Waals surface area contributed by atoms with Crippen LogP contribution in [-0.4, -0.2) is 34.6 Å². The van der Waals surface area contributed by atoms with Crippen LogP contribution in [0.2, 0.25) is 0 Å². The molecule has 0 saturated heterocycles. The van der Waals surface area contributed by atoms with Crippen molar-refractivity contribution in [1.29, 1.82) is 0 Å². The molecule has 0 N–H and O–H groups in total. The number of ether oxygens (including phenoxy) is 1. The maximum absolute atomic E-state index is 12.4. The van der Waals surface area contributed by atoms with Gasteiger partial charge in [-0.1, -0.05) is 26.2 Å². The minimum atomic E-state index is -2.01. The first-order valence-electron chi connectivity index (χ1n) is 7.57. The fourth-order valence-electron chi connectivity index (χ4n) is 2.09. The molecule has 0 saturated carbocycles. The van der Waals surface area contributed by atoms with E-state index < -0.39 is 28.8 Å². The number of nitrogens with zero attached hydrogens (tertiary/aromatic N) is 1. The van der Waals surface area contributed by atoms with Gasteiger partial charge in [0.15, 0.2) is 6.61 Å². The summed E-state index contributed by atoms with van der Waals surface area (Å²) in [6.07, 6.45) is 3.04. The smallest absolute Gasteiger partial charge is 0.312 e. The first-order valence-corrected chi connectivity index (χ1v) is 7.57. The largest absolute Gasteiger partial charge is 0.458 e. The minimum absolute atomic E-state index is 0.0557. The summed E-state index contributed by atoms with van der Waals surface area (Å²) in [5.74, 6) is -1.50. The maximum atomic E-state index is 12.4. The van der Waals surface area contributed by atoms with Crippen LogP contribution in [-0.2, 0) is 19.1 Å². The van der Waals surface area contributed by atoms with Gasteiger partial charge in [-0.15, -0.1) is 0 Å². The molecular formula is C15H25NO6. The minimum Gasteiger partial charge on any atom is -0.458 e. The predicted molar refractivity (Wildman–Crippen MR) is 80.0 cm³/mol. The predicted octanol–water partition coefficient (Wildman–Crippen LogP) is 2.47. The first-order chi connectivity index (χ1) is 10.3. The maximum Gasteiger partial charge on any atom is 0.312 e. The molecular weight excluding hydrogens is 290 g/mol. The van der Waals surface area contributed by atoms with E-state index in [9.17, 15) is 24.5 Å². The first kappa shape index (κ1) is 20.2. The van der Waals surface area contributed by atoms with Crippen LogP contribution in [0.3, 0.4) is 0 Å². The van der Waals surface area contributed by atoms with E-state index in [1.165, 1.54) is 6.92 Å². The number of hydrogen-bond donors (Lipinski definition) is 0. The fourth-order valence-corrected chi connectivity index (χ4v) is 2.09. The van der Waals surface area contributed by atoms with Crippen molar-refractivity contribution in [3.8, 4) is 0 Å². The lowest BCUT2D eigenvalue weighted by atomic mass is 9.86. The van der Waals surface area contributed by atoms with Gasteiger partial charge in [-0.05, 0) is 13.3 Å². The number of carbonyl (C=O) groups is 3. The van der Waals surface area contributed by atoms with Crippen LogP contribution in [0.15, 0.2) is 0 Å². The van der Waals surface area contributed by atoms with E-state index in [0.717, 1.165) is 26.2 Å². The third-order valence-corrected chi connectivity index (χ3v) is 3.53. The second kappa shape index (κ2) is 10.0. The molecule has 0 aromatic rings. The molecule has 0 bridgehead atoms. The number of carbonyl (C=O) groups excluding carboxylic acids is 3. The molecule has 0 radical (unpaired) electrons. The van der Waals surface area contributed by atoms with Gasteiger partial charge in [0, 0.05) is 31.1 Å². The fraction of sp³-hybridized carbons (Fsp3) is 0.800. The van der Waals surface area contributed by atoms with Crippen LogP contribution in [0.25, 0.3) is 0 Å². The normalized spacial score (nSPS) is 13.2. The Morgan fingerprint density at radius 1 is 1.09 bits per heavy atom. The van der Waals surface area contributed by atoms with Gasteiger partial charge in [0.1, 0.15) is 5.78 Å². The molecule has 1 atom stereocenters. The zero-order chi connectivity index (χ0) is 17.2. The van der Waals surface area contributed by atoms with E-state index in [2.05, 4.69) is 0 Å². The van der Waals surface area contributed by atoms with Gasteiger partial charge in [-0.3, -0.25) is 19.7 Å². The Morgan fingerprint density at radius 3 is 2.18 bits per heavy atom. The standard InChI is InChI=1S/C15H25NO6/c1-4-5-6-7-8-14(19)15(16(20)21,10-9-12(2)17)11-22-13(3)18/h4-11H2,1-3H3. The highest BCUT2D eigenvalue weighted by Gasteiger charge is 2.51. The van der Waals surface area contributed by atoms with Crippen molar-refractivity contribution in [3.63, 3.8) is 0 Å². The molecule has 0 aromatic heterocycles. The number of hydrogen-bond acceptors (Lipinski definition) is 6. The van der Waals surface area contributed by atoms with Gasteiger partial charge in [0.05, 0.1) is 0 Å². The second-order valence-electron chi connectivity index (χ2n) is 5.50. The molecule has 1 unspecified atom stereocenters. The number of Topliss-reactive ketones (excluding diaryl/α,β-unsaturated/α-hetero) is 2. The van der Waals surface area contributed by atoms with Gasteiger partial charge in [0.25, 0.3) is 0 Å². The molecule has 0 aliphatic carbocycles. The Balaban J connectivity index is 5.05. The third kappa shape index (κ3) is 6.78. The summed E-state index contributed by atoms with van der Waals surface area (Å²) in [6, 6.07) is 0. The highest BCUT2D eigenvalue weighted by molar-refractivity contribution is 5.88. The van der Waals surface area contributed by atoms with E-state index in [1.54, 1.807) is 0 Å². The van der Waals surface area contributed by atoms with E-state index in [1.807, 2.05) is 6.92 Å². The SMILES string of the molecule is CCCCCCC(=O)C(CCC(C)=O)(COC(C)=O)[N+](=O)[O-]. The molecule has 0 fully saturated rings. The third-order valence-electron chi connectivity index (χ3n) is 3.53. The average molecular weight is 315 g/mol. The van der Waals surface area contributed by atoms with Crippen LogP contribution < -0.4 is 0 Å². The molecule has 0 aliphatic rings. The van der Waals surface area contributed by atoms with Crippen molar-refractivity contribution in [2.24, 2.45) is 0 Å². The van der Waals surface area contributed by atoms with Crippen molar-refractivity contribution >= 4 is 17.5 Å². The lowest BCUT2D eigenvalue weighted by molar-refractivity contribution is -0.556. The van der Waals surface area contributed by atoms with Gasteiger partial charge in [0.2, 0.25) is 5.78 Å². The average Bonchev–Trinajstić information content (AvgIpc) is 2.43. The zero-order valence-corrected chi connectivity index (χ0v) is 13.6. The van der Waals surface area contributed by atoms with E-state index in [4.69, 9.17) is 4.74 Å². The summed E-state index contributed by atoms with van der Waals surface area (Å²) < 4.78 is 4.74. The molecule has 0 amide bonds. The van der Waals surface area contributed by atoms with Gasteiger partial charge < -0.3 is 9.53 Å². The second-order valence-corrected chi connectivity index (χ2v) is 5.50. The van der Waals surface area contributed by atoms with E-state index >= 15 is 0 Å².